The van der Waals surface area contributed by atoms with Crippen LogP contribution in [0.25, 0.3) is 0 Å². The van der Waals surface area contributed by atoms with Crippen LogP contribution in [-0.4, -0.2) is 24.6 Å². The van der Waals surface area contributed by atoms with Gasteiger partial charge in [-0.1, -0.05) is 18.3 Å². The molecule has 0 aromatic rings. The third kappa shape index (κ3) is 4.98. The second-order valence-corrected chi connectivity index (χ2v) is 2.90. The first-order valence-corrected chi connectivity index (χ1v) is 4.29. The van der Waals surface area contributed by atoms with Crippen molar-refractivity contribution >= 4 is 29.5 Å². The average molecular weight is 197 g/mol. The molecular formula is C6H9ClO3S. The second-order valence-electron chi connectivity index (χ2n) is 1.46. The van der Waals surface area contributed by atoms with Gasteiger partial charge in [0.1, 0.15) is 0 Å². The summed E-state index contributed by atoms with van der Waals surface area (Å²) in [7, 11) is 1.24. The third-order valence-electron chi connectivity index (χ3n) is 0.768. The summed E-state index contributed by atoms with van der Waals surface area (Å²) in [5.41, 5.74) is -0.415. The lowest BCUT2D eigenvalue weighted by molar-refractivity contribution is 0.0694. The minimum atomic E-state index is -0.731. The molecule has 0 aliphatic rings. The number of thioether (sulfide) groups is 1. The van der Waals surface area contributed by atoms with Crippen molar-refractivity contribution in [1.29, 1.82) is 0 Å². The summed E-state index contributed by atoms with van der Waals surface area (Å²) in [4.78, 5) is 10.5. The largest absolute Gasteiger partial charge is 0.509 e. The van der Waals surface area contributed by atoms with E-state index in [1.165, 1.54) is 18.9 Å². The Kier molecular flexibility index (Phi) is 6.16. The molecule has 64 valence electrons. The number of carbonyl (C=O) groups excluding carboxylic acids is 1. The molecule has 0 aliphatic carbocycles. The van der Waals surface area contributed by atoms with E-state index in [1.807, 2.05) is 0 Å². The molecule has 3 nitrogen and oxygen atoms in total. The molecule has 0 heterocycles. The first-order valence-electron chi connectivity index (χ1n) is 2.81. The van der Waals surface area contributed by atoms with Gasteiger partial charge in [0.15, 0.2) is 5.44 Å². The van der Waals surface area contributed by atoms with Gasteiger partial charge in [-0.3, -0.25) is 0 Å². The Morgan fingerprint density at radius 1 is 1.91 bits per heavy atom. The van der Waals surface area contributed by atoms with E-state index in [9.17, 15) is 4.79 Å². The summed E-state index contributed by atoms with van der Waals surface area (Å²) in [5, 5.41) is 1.55. The summed E-state index contributed by atoms with van der Waals surface area (Å²) in [5.74, 6) is 0.214. The molecule has 0 radical (unpaired) electrons. The van der Waals surface area contributed by atoms with Crippen molar-refractivity contribution in [1.82, 2.24) is 0 Å². The fourth-order valence-electron chi connectivity index (χ4n) is 0.358. The van der Waals surface area contributed by atoms with Gasteiger partial charge in [0, 0.05) is 0 Å². The molecule has 0 spiro atoms. The molecule has 0 saturated heterocycles. The van der Waals surface area contributed by atoms with E-state index in [4.69, 9.17) is 11.6 Å². The van der Waals surface area contributed by atoms with Crippen LogP contribution in [0.2, 0.25) is 0 Å². The van der Waals surface area contributed by atoms with Crippen LogP contribution < -0.4 is 0 Å². The van der Waals surface area contributed by atoms with Crippen molar-refractivity contribution in [2.24, 2.45) is 0 Å². The molecule has 1 atom stereocenters. The molecule has 0 rings (SSSR count). The van der Waals surface area contributed by atoms with Crippen molar-refractivity contribution in [2.75, 3.05) is 13.0 Å². The quantitative estimate of drug-likeness (QED) is 0.392. The number of methoxy groups -OCH3 is 1. The predicted octanol–water partition coefficient (Wildman–Crippen LogP) is 2.21. The van der Waals surface area contributed by atoms with Gasteiger partial charge in [0.2, 0.25) is 0 Å². The lowest BCUT2D eigenvalue weighted by atomic mass is 10.8. The fourth-order valence-corrected chi connectivity index (χ4v) is 1.06. The van der Waals surface area contributed by atoms with Crippen molar-refractivity contribution in [3.63, 3.8) is 0 Å². The fraction of sp³-hybridized carbons (Fsp3) is 0.500. The van der Waals surface area contributed by atoms with Gasteiger partial charge in [-0.25, -0.2) is 4.79 Å². The van der Waals surface area contributed by atoms with Crippen LogP contribution in [0.3, 0.4) is 0 Å². The van der Waals surface area contributed by atoms with Crippen LogP contribution in [-0.2, 0) is 9.47 Å². The maximum Gasteiger partial charge on any atom is 0.509 e. The number of ether oxygens (including phenoxy) is 2. The normalized spacial score (nSPS) is 11.8. The molecule has 0 aliphatic heterocycles. The van der Waals surface area contributed by atoms with Gasteiger partial charge in [-0.2, -0.15) is 0 Å². The van der Waals surface area contributed by atoms with E-state index in [-0.39, 0.29) is 5.88 Å². The smallest absolute Gasteiger partial charge is 0.438 e. The number of alkyl halides is 1. The first-order chi connectivity index (χ1) is 5.24. The monoisotopic (exact) mass is 196 g/mol. The predicted molar refractivity (Wildman–Crippen MR) is 45.8 cm³/mol. The zero-order valence-corrected chi connectivity index (χ0v) is 7.65. The highest BCUT2D eigenvalue weighted by Gasteiger charge is 2.11. The maximum absolute atomic E-state index is 10.5. The van der Waals surface area contributed by atoms with Gasteiger partial charge >= 0.3 is 6.16 Å². The van der Waals surface area contributed by atoms with Crippen LogP contribution in [0, 0.1) is 0 Å². The van der Waals surface area contributed by atoms with E-state index in [0.29, 0.717) is 0 Å². The highest BCUT2D eigenvalue weighted by Crippen LogP contribution is 2.14. The molecule has 5 heteroatoms. The Labute approximate surface area is 74.7 Å². The summed E-state index contributed by atoms with van der Waals surface area (Å²) in [6.07, 6.45) is -0.731. The van der Waals surface area contributed by atoms with Crippen LogP contribution in [0.5, 0.6) is 0 Å². The number of halogens is 1. The molecule has 0 saturated carbocycles. The van der Waals surface area contributed by atoms with Gasteiger partial charge in [-0.15, -0.1) is 11.6 Å². The average Bonchev–Trinajstić information content (AvgIpc) is 2.03. The van der Waals surface area contributed by atoms with Crippen LogP contribution in [0.15, 0.2) is 12.0 Å². The van der Waals surface area contributed by atoms with E-state index < -0.39 is 11.6 Å². The van der Waals surface area contributed by atoms with Gasteiger partial charge in [-0.05, 0) is 5.41 Å². The number of hydrogen-bond donors (Lipinski definition) is 0. The lowest BCUT2D eigenvalue weighted by Gasteiger charge is -2.10. The Balaban J connectivity index is 3.67. The summed E-state index contributed by atoms with van der Waals surface area (Å²) >= 11 is 6.67. The van der Waals surface area contributed by atoms with Crippen molar-refractivity contribution < 1.29 is 14.3 Å². The van der Waals surface area contributed by atoms with Crippen molar-refractivity contribution in [3.05, 3.63) is 12.0 Å². The second kappa shape index (κ2) is 6.37. The lowest BCUT2D eigenvalue weighted by Crippen LogP contribution is -2.15. The van der Waals surface area contributed by atoms with Crippen LogP contribution >= 0.6 is 23.4 Å². The molecule has 11 heavy (non-hydrogen) atoms. The van der Waals surface area contributed by atoms with E-state index in [0.717, 1.165) is 0 Å². The molecular weight excluding hydrogens is 188 g/mol. The molecule has 1 unspecified atom stereocenters. The van der Waals surface area contributed by atoms with E-state index in [2.05, 4.69) is 16.1 Å². The standard InChI is InChI=1S/C6H9ClO3S/c1-3-11-5(4-7)10-6(8)9-2/h3,5H,1,4H2,2H3. The Morgan fingerprint density at radius 2 is 2.55 bits per heavy atom. The zero-order chi connectivity index (χ0) is 8.69. The molecule has 0 amide bonds. The molecule has 0 N–H and O–H groups in total. The number of carbonyl (C=O) groups is 1. The van der Waals surface area contributed by atoms with Crippen molar-refractivity contribution in [2.45, 2.75) is 5.44 Å². The number of hydrogen-bond acceptors (Lipinski definition) is 4. The van der Waals surface area contributed by atoms with Crippen LogP contribution in [0.4, 0.5) is 4.79 Å². The molecule has 0 aromatic heterocycles. The Hall–Kier alpha value is -0.350. The first kappa shape index (κ1) is 10.7. The summed E-state index contributed by atoms with van der Waals surface area (Å²) in [6.45, 7) is 3.45. The number of rotatable bonds is 4. The van der Waals surface area contributed by atoms with Crippen LogP contribution in [0.1, 0.15) is 0 Å². The highest BCUT2D eigenvalue weighted by molar-refractivity contribution is 8.02. The zero-order valence-electron chi connectivity index (χ0n) is 6.08. The summed E-state index contributed by atoms with van der Waals surface area (Å²) in [6, 6.07) is 0. The third-order valence-corrected chi connectivity index (χ3v) is 1.99. The SMILES string of the molecule is C=CSC(CCl)OC(=O)OC. The van der Waals surface area contributed by atoms with E-state index >= 15 is 0 Å². The Bertz CT molecular complexity index is 140. The minimum Gasteiger partial charge on any atom is -0.438 e. The topological polar surface area (TPSA) is 35.5 Å². The van der Waals surface area contributed by atoms with Gasteiger partial charge < -0.3 is 9.47 Å². The minimum absolute atomic E-state index is 0.214. The molecule has 0 bridgehead atoms. The molecule has 0 aromatic carbocycles. The summed E-state index contributed by atoms with van der Waals surface area (Å²) < 4.78 is 8.95. The molecule has 0 fully saturated rings. The van der Waals surface area contributed by atoms with Gasteiger partial charge in [0.25, 0.3) is 0 Å². The highest BCUT2D eigenvalue weighted by atomic mass is 35.5. The van der Waals surface area contributed by atoms with E-state index in [1.54, 1.807) is 5.41 Å². The Morgan fingerprint density at radius 3 is 2.91 bits per heavy atom. The van der Waals surface area contributed by atoms with Gasteiger partial charge in [0.05, 0.1) is 13.0 Å². The van der Waals surface area contributed by atoms with Crippen molar-refractivity contribution in [3.8, 4) is 0 Å². The maximum atomic E-state index is 10.5.